The standard InChI is InChI=1S/C18H12N2O2S/c1-9-6-7-13(23-9)14-12(8-19)18(20)22-17-11-5-3-2-4-10(11)16(21)15(14)17/h2-7,14H,20H2,1H3/t14-/m0/s1. The van der Waals surface area contributed by atoms with Crippen LogP contribution in [0.25, 0.3) is 5.76 Å². The summed E-state index contributed by atoms with van der Waals surface area (Å²) >= 11 is 1.56. The Balaban J connectivity index is 1.97. The maximum Gasteiger partial charge on any atom is 0.205 e. The second-order valence-electron chi connectivity index (χ2n) is 5.49. The summed E-state index contributed by atoms with van der Waals surface area (Å²) in [5.74, 6) is 0.0132. The minimum Gasteiger partial charge on any atom is -0.439 e. The molecule has 0 saturated carbocycles. The van der Waals surface area contributed by atoms with Crippen LogP contribution in [0.15, 0.2) is 53.4 Å². The van der Waals surface area contributed by atoms with Gasteiger partial charge in [0, 0.05) is 20.9 Å². The molecule has 2 aliphatic rings. The first-order valence-corrected chi connectivity index (χ1v) is 7.95. The molecule has 5 heteroatoms. The van der Waals surface area contributed by atoms with Crippen LogP contribution in [-0.4, -0.2) is 5.78 Å². The first kappa shape index (κ1) is 13.8. The van der Waals surface area contributed by atoms with Gasteiger partial charge >= 0.3 is 0 Å². The second kappa shape index (κ2) is 4.83. The number of carbonyl (C=O) groups is 1. The summed E-state index contributed by atoms with van der Waals surface area (Å²) in [6, 6.07) is 13.3. The van der Waals surface area contributed by atoms with E-state index in [0.29, 0.717) is 22.5 Å². The van der Waals surface area contributed by atoms with E-state index in [1.54, 1.807) is 17.4 Å². The number of Topliss-reactive ketones (excluding diaryl/α,β-unsaturated/α-hetero) is 1. The highest BCUT2D eigenvalue weighted by atomic mass is 32.1. The summed E-state index contributed by atoms with van der Waals surface area (Å²) in [7, 11) is 0. The summed E-state index contributed by atoms with van der Waals surface area (Å²) in [4.78, 5) is 14.9. The van der Waals surface area contributed by atoms with Crippen molar-refractivity contribution in [1.82, 2.24) is 0 Å². The molecule has 1 aromatic heterocycles. The van der Waals surface area contributed by atoms with E-state index in [-0.39, 0.29) is 11.7 Å². The molecule has 0 saturated heterocycles. The Morgan fingerprint density at radius 2 is 1.96 bits per heavy atom. The highest BCUT2D eigenvalue weighted by molar-refractivity contribution is 7.12. The second-order valence-corrected chi connectivity index (χ2v) is 6.81. The van der Waals surface area contributed by atoms with Crippen LogP contribution in [0.4, 0.5) is 0 Å². The molecule has 2 N–H and O–H groups in total. The fourth-order valence-corrected chi connectivity index (χ4v) is 4.11. The molecular formula is C18H12N2O2S. The van der Waals surface area contributed by atoms with Gasteiger partial charge in [-0.2, -0.15) is 5.26 Å². The molecule has 0 unspecified atom stereocenters. The van der Waals surface area contributed by atoms with E-state index in [0.717, 1.165) is 15.3 Å². The van der Waals surface area contributed by atoms with Crippen molar-refractivity contribution in [2.24, 2.45) is 5.73 Å². The van der Waals surface area contributed by atoms with Crippen molar-refractivity contribution >= 4 is 22.9 Å². The number of ether oxygens (including phenoxy) is 1. The lowest BCUT2D eigenvalue weighted by Crippen LogP contribution is -2.20. The molecule has 1 aliphatic heterocycles. The zero-order valence-corrected chi connectivity index (χ0v) is 13.1. The van der Waals surface area contributed by atoms with Crippen molar-refractivity contribution in [3.05, 3.63) is 74.3 Å². The number of thiophene rings is 1. The van der Waals surface area contributed by atoms with E-state index in [9.17, 15) is 10.1 Å². The van der Waals surface area contributed by atoms with Crippen LogP contribution in [-0.2, 0) is 4.74 Å². The third kappa shape index (κ3) is 1.85. The fourth-order valence-electron chi connectivity index (χ4n) is 3.11. The van der Waals surface area contributed by atoms with Gasteiger partial charge in [0.2, 0.25) is 5.88 Å². The smallest absolute Gasteiger partial charge is 0.205 e. The number of nitrogens with two attached hydrogens (primary N) is 1. The first-order chi connectivity index (χ1) is 11.1. The number of aryl methyl sites for hydroxylation is 1. The van der Waals surface area contributed by atoms with Gasteiger partial charge in [0.15, 0.2) is 5.78 Å². The number of carbonyl (C=O) groups excluding carboxylic acids is 1. The van der Waals surface area contributed by atoms with Gasteiger partial charge < -0.3 is 10.5 Å². The molecule has 0 radical (unpaired) electrons. The summed E-state index contributed by atoms with van der Waals surface area (Å²) in [5.41, 5.74) is 8.13. The number of ketones is 1. The Morgan fingerprint density at radius 1 is 1.22 bits per heavy atom. The Bertz CT molecular complexity index is 959. The lowest BCUT2D eigenvalue weighted by molar-refractivity contribution is 0.103. The predicted molar refractivity (Wildman–Crippen MR) is 87.4 cm³/mol. The third-order valence-electron chi connectivity index (χ3n) is 4.13. The number of nitrogens with zero attached hydrogens (tertiary/aromatic N) is 1. The van der Waals surface area contributed by atoms with Crippen LogP contribution in [0.5, 0.6) is 0 Å². The normalized spacial score (nSPS) is 19.3. The minimum atomic E-state index is -0.456. The van der Waals surface area contributed by atoms with Crippen molar-refractivity contribution in [2.75, 3.05) is 0 Å². The van der Waals surface area contributed by atoms with E-state index in [1.165, 1.54) is 0 Å². The quantitative estimate of drug-likeness (QED) is 0.873. The average Bonchev–Trinajstić information content (AvgIpc) is 3.09. The van der Waals surface area contributed by atoms with Crippen molar-refractivity contribution in [2.45, 2.75) is 12.8 Å². The van der Waals surface area contributed by atoms with Gasteiger partial charge in [-0.25, -0.2) is 0 Å². The van der Waals surface area contributed by atoms with Crippen molar-refractivity contribution < 1.29 is 9.53 Å². The number of fused-ring (bicyclic) bond motifs is 2. The minimum absolute atomic E-state index is 0.0757. The van der Waals surface area contributed by atoms with E-state index in [1.807, 2.05) is 37.3 Å². The number of benzene rings is 1. The molecular weight excluding hydrogens is 308 g/mol. The topological polar surface area (TPSA) is 76.1 Å². The number of rotatable bonds is 1. The predicted octanol–water partition coefficient (Wildman–Crippen LogP) is 3.47. The number of hydrogen-bond acceptors (Lipinski definition) is 5. The van der Waals surface area contributed by atoms with Crippen LogP contribution in [0.1, 0.15) is 31.6 Å². The molecule has 23 heavy (non-hydrogen) atoms. The van der Waals surface area contributed by atoms with Gasteiger partial charge in [-0.15, -0.1) is 11.3 Å². The Hall–Kier alpha value is -2.84. The number of hydrogen-bond donors (Lipinski definition) is 1. The molecule has 4 nitrogen and oxygen atoms in total. The number of nitriles is 1. The van der Waals surface area contributed by atoms with Crippen molar-refractivity contribution in [1.29, 1.82) is 5.26 Å². The molecule has 0 fully saturated rings. The van der Waals surface area contributed by atoms with Gasteiger partial charge in [-0.1, -0.05) is 24.3 Å². The van der Waals surface area contributed by atoms with Crippen molar-refractivity contribution in [3.63, 3.8) is 0 Å². The molecule has 0 amide bonds. The Morgan fingerprint density at radius 3 is 2.61 bits per heavy atom. The zero-order chi connectivity index (χ0) is 16.1. The van der Waals surface area contributed by atoms with E-state index in [2.05, 4.69) is 6.07 Å². The Kier molecular flexibility index (Phi) is 2.90. The first-order valence-electron chi connectivity index (χ1n) is 7.14. The monoisotopic (exact) mass is 320 g/mol. The zero-order valence-electron chi connectivity index (χ0n) is 12.3. The summed E-state index contributed by atoms with van der Waals surface area (Å²) in [6.07, 6.45) is 0. The lowest BCUT2D eigenvalue weighted by Gasteiger charge is -2.24. The SMILES string of the molecule is Cc1ccc([C@@H]2C(C#N)=C(N)OC3=C2C(=O)c2ccccc23)s1. The summed E-state index contributed by atoms with van der Waals surface area (Å²) in [6.45, 7) is 1.99. The lowest BCUT2D eigenvalue weighted by atomic mass is 9.86. The van der Waals surface area contributed by atoms with Gasteiger partial charge in [-0.05, 0) is 19.1 Å². The molecule has 1 aliphatic carbocycles. The highest BCUT2D eigenvalue weighted by Crippen LogP contribution is 2.49. The summed E-state index contributed by atoms with van der Waals surface area (Å²) in [5, 5.41) is 9.53. The molecule has 1 atom stereocenters. The molecule has 0 spiro atoms. The van der Waals surface area contributed by atoms with E-state index >= 15 is 0 Å². The van der Waals surface area contributed by atoms with Gasteiger partial charge in [0.05, 0.1) is 11.5 Å². The largest absolute Gasteiger partial charge is 0.439 e. The van der Waals surface area contributed by atoms with Gasteiger partial charge in [-0.3, -0.25) is 4.79 Å². The third-order valence-corrected chi connectivity index (χ3v) is 5.19. The highest BCUT2D eigenvalue weighted by Gasteiger charge is 2.43. The van der Waals surface area contributed by atoms with Crippen LogP contribution in [0.2, 0.25) is 0 Å². The molecule has 0 bridgehead atoms. The van der Waals surface area contributed by atoms with Gasteiger partial charge in [0.1, 0.15) is 17.4 Å². The van der Waals surface area contributed by atoms with Crippen LogP contribution < -0.4 is 5.73 Å². The molecule has 1 aromatic carbocycles. The van der Waals surface area contributed by atoms with Gasteiger partial charge in [0.25, 0.3) is 0 Å². The van der Waals surface area contributed by atoms with Crippen LogP contribution >= 0.6 is 11.3 Å². The number of allylic oxidation sites excluding steroid dienone is 2. The molecule has 112 valence electrons. The Labute approximate surface area is 137 Å². The molecule has 4 rings (SSSR count). The maximum absolute atomic E-state index is 12.9. The average molecular weight is 320 g/mol. The van der Waals surface area contributed by atoms with E-state index in [4.69, 9.17) is 10.5 Å². The van der Waals surface area contributed by atoms with Crippen LogP contribution in [0.3, 0.4) is 0 Å². The molecule has 2 heterocycles. The van der Waals surface area contributed by atoms with Crippen LogP contribution in [0, 0.1) is 18.3 Å². The van der Waals surface area contributed by atoms with Crippen molar-refractivity contribution in [3.8, 4) is 6.07 Å². The molecule has 2 aromatic rings. The summed E-state index contributed by atoms with van der Waals surface area (Å²) < 4.78 is 5.67. The fraction of sp³-hybridized carbons (Fsp3) is 0.111. The van der Waals surface area contributed by atoms with E-state index < -0.39 is 5.92 Å². The maximum atomic E-state index is 12.9.